The normalized spacial score (nSPS) is 26.3. The minimum atomic E-state index is -1.08. The second-order valence-corrected chi connectivity index (χ2v) is 9.38. The number of aryl methyl sites for hydroxylation is 1. The highest BCUT2D eigenvalue weighted by Crippen LogP contribution is 2.40. The zero-order valence-corrected chi connectivity index (χ0v) is 19.0. The Morgan fingerprint density at radius 3 is 2.90 bits per heavy atom. The number of nitrogen functional groups attached to an aromatic ring is 1. The van der Waals surface area contributed by atoms with Crippen molar-refractivity contribution in [3.63, 3.8) is 0 Å². The maximum absolute atomic E-state index is 10.9. The third-order valence-electron chi connectivity index (χ3n) is 4.95. The van der Waals surface area contributed by atoms with E-state index in [1.54, 1.807) is 23.8 Å². The van der Waals surface area contributed by atoms with Crippen LogP contribution in [-0.2, 0) is 9.47 Å². The van der Waals surface area contributed by atoms with Gasteiger partial charge in [0.05, 0.1) is 23.5 Å². The van der Waals surface area contributed by atoms with Crippen LogP contribution >= 0.6 is 34.7 Å². The van der Waals surface area contributed by atoms with Gasteiger partial charge in [0.25, 0.3) is 0 Å². The summed E-state index contributed by atoms with van der Waals surface area (Å²) in [5.41, 5.74) is 7.03. The Kier molecular flexibility index (Phi) is 6.77. The topological polar surface area (TPSA) is 141 Å². The van der Waals surface area contributed by atoms with E-state index in [0.29, 0.717) is 21.5 Å². The molecule has 4 N–H and O–H groups in total. The molecular weight excluding hydrogens is 464 g/mol. The molecule has 1 saturated heterocycles. The molecule has 13 heteroatoms. The number of nitrogens with zero attached hydrogens (tertiary/aromatic N) is 5. The summed E-state index contributed by atoms with van der Waals surface area (Å²) in [5.74, 6) is 0. The molecular formula is C18H21ClN6O4S2. The number of hydrogen-bond acceptors (Lipinski definition) is 11. The van der Waals surface area contributed by atoms with E-state index in [0.717, 1.165) is 10.6 Å². The van der Waals surface area contributed by atoms with Crippen LogP contribution in [0.4, 0.5) is 5.13 Å². The fraction of sp³-hybridized carbons (Fsp3) is 0.444. The number of nitrogens with two attached hydrogens (primary N) is 1. The van der Waals surface area contributed by atoms with Crippen molar-refractivity contribution >= 4 is 39.8 Å². The van der Waals surface area contributed by atoms with E-state index in [2.05, 4.69) is 20.3 Å². The smallest absolute Gasteiger partial charge is 0.180 e. The zero-order valence-electron chi connectivity index (χ0n) is 16.6. The van der Waals surface area contributed by atoms with Gasteiger partial charge in [0.1, 0.15) is 41.2 Å². The average molecular weight is 485 g/mol. The number of thioether (sulfide) groups is 1. The first-order chi connectivity index (χ1) is 14.9. The van der Waals surface area contributed by atoms with Gasteiger partial charge in [0, 0.05) is 23.6 Å². The van der Waals surface area contributed by atoms with Crippen molar-refractivity contribution in [2.45, 2.75) is 41.6 Å². The maximum atomic E-state index is 10.9. The van der Waals surface area contributed by atoms with Crippen LogP contribution in [0.15, 0.2) is 28.7 Å². The number of ether oxygens (including phenoxy) is 2. The molecule has 3 aromatic heterocycles. The fourth-order valence-corrected chi connectivity index (χ4v) is 5.44. The number of rotatable bonds is 6. The number of pyridine rings is 1. The van der Waals surface area contributed by atoms with Gasteiger partial charge in [-0.15, -0.1) is 16.4 Å². The van der Waals surface area contributed by atoms with E-state index in [-0.39, 0.29) is 6.61 Å². The van der Waals surface area contributed by atoms with E-state index in [1.807, 2.05) is 6.92 Å². The van der Waals surface area contributed by atoms with Gasteiger partial charge in [0.2, 0.25) is 0 Å². The largest absolute Gasteiger partial charge is 0.394 e. The monoisotopic (exact) mass is 484 g/mol. The molecule has 0 saturated carbocycles. The number of anilines is 1. The van der Waals surface area contributed by atoms with Crippen molar-refractivity contribution in [1.29, 1.82) is 0 Å². The average Bonchev–Trinajstić information content (AvgIpc) is 3.40. The van der Waals surface area contributed by atoms with Gasteiger partial charge in [-0.3, -0.25) is 4.98 Å². The lowest BCUT2D eigenvalue weighted by Crippen LogP contribution is -2.55. The Labute approximate surface area is 191 Å². The van der Waals surface area contributed by atoms with Crippen LogP contribution in [0.2, 0.25) is 5.02 Å². The van der Waals surface area contributed by atoms with Crippen LogP contribution in [0.1, 0.15) is 11.7 Å². The summed E-state index contributed by atoms with van der Waals surface area (Å²) in [7, 11) is 1.53. The molecule has 1 aliphatic heterocycles. The SMILES string of the molecule is COC1[C@@H](Sc2cc(Cl)cnc2C)OC(CO)[C@H](O)[C@@H]1n1cc(-c2csc(N)n2)nn1. The van der Waals surface area contributed by atoms with Crippen molar-refractivity contribution in [3.8, 4) is 11.4 Å². The lowest BCUT2D eigenvalue weighted by Gasteiger charge is -2.43. The molecule has 0 aliphatic carbocycles. The molecule has 1 fully saturated rings. The van der Waals surface area contributed by atoms with Crippen LogP contribution in [-0.4, -0.2) is 72.6 Å². The molecule has 166 valence electrons. The molecule has 3 aromatic rings. The predicted molar refractivity (Wildman–Crippen MR) is 117 cm³/mol. The van der Waals surface area contributed by atoms with Gasteiger partial charge >= 0.3 is 0 Å². The minimum Gasteiger partial charge on any atom is -0.394 e. The predicted octanol–water partition coefficient (Wildman–Crippen LogP) is 1.77. The quantitative estimate of drug-likeness (QED) is 0.473. The molecule has 0 radical (unpaired) electrons. The van der Waals surface area contributed by atoms with Crippen molar-refractivity contribution in [2.24, 2.45) is 0 Å². The molecule has 4 heterocycles. The van der Waals surface area contributed by atoms with Crippen LogP contribution in [0.25, 0.3) is 11.4 Å². The summed E-state index contributed by atoms with van der Waals surface area (Å²) in [6.45, 7) is 1.49. The molecule has 5 atom stereocenters. The Hall–Kier alpha value is -1.80. The summed E-state index contributed by atoms with van der Waals surface area (Å²) < 4.78 is 13.2. The van der Waals surface area contributed by atoms with Crippen LogP contribution < -0.4 is 5.73 Å². The van der Waals surface area contributed by atoms with Crippen molar-refractivity contribution in [3.05, 3.63) is 34.6 Å². The van der Waals surface area contributed by atoms with E-state index in [1.165, 1.54) is 34.9 Å². The Morgan fingerprint density at radius 2 is 2.23 bits per heavy atom. The molecule has 31 heavy (non-hydrogen) atoms. The fourth-order valence-electron chi connectivity index (χ4n) is 3.39. The Bertz CT molecular complexity index is 1050. The number of aliphatic hydroxyl groups is 2. The number of aromatic nitrogens is 5. The third kappa shape index (κ3) is 4.55. The molecule has 1 aliphatic rings. The van der Waals surface area contributed by atoms with E-state index < -0.39 is 29.8 Å². The van der Waals surface area contributed by atoms with E-state index >= 15 is 0 Å². The molecule has 0 bridgehead atoms. The third-order valence-corrected chi connectivity index (χ3v) is 7.11. The molecule has 0 amide bonds. The Balaban J connectivity index is 1.66. The van der Waals surface area contributed by atoms with Gasteiger partial charge in [0.15, 0.2) is 5.13 Å². The van der Waals surface area contributed by atoms with Gasteiger partial charge < -0.3 is 25.4 Å². The number of hydrogen-bond donors (Lipinski definition) is 3. The standard InChI is InChI=1S/C18H21ClN6O4S2/c1-8-13(3-9(19)4-21-8)31-17-16(28-2)14(15(27)12(6-26)29-17)25-5-10(23-24-25)11-7-30-18(20)22-11/h3-5,7,12,14-17,26-27H,6H2,1-2H3,(H2,20,22)/t12?,14-,15-,16?,17+/m0/s1. The lowest BCUT2D eigenvalue weighted by molar-refractivity contribution is -0.186. The maximum Gasteiger partial charge on any atom is 0.180 e. The minimum absolute atomic E-state index is 0.373. The first kappa shape index (κ1) is 22.4. The Morgan fingerprint density at radius 1 is 1.42 bits per heavy atom. The molecule has 4 rings (SSSR count). The van der Waals surface area contributed by atoms with Crippen LogP contribution in [0.3, 0.4) is 0 Å². The van der Waals surface area contributed by atoms with Gasteiger partial charge in [-0.05, 0) is 13.0 Å². The summed E-state index contributed by atoms with van der Waals surface area (Å²) in [4.78, 5) is 9.30. The lowest BCUT2D eigenvalue weighted by atomic mass is 9.97. The van der Waals surface area contributed by atoms with E-state index in [9.17, 15) is 10.2 Å². The summed E-state index contributed by atoms with van der Waals surface area (Å²) in [5, 5.41) is 31.8. The highest BCUT2D eigenvalue weighted by molar-refractivity contribution is 7.99. The van der Waals surface area contributed by atoms with Crippen LogP contribution in [0.5, 0.6) is 0 Å². The van der Waals surface area contributed by atoms with Gasteiger partial charge in [-0.1, -0.05) is 28.6 Å². The summed E-state index contributed by atoms with van der Waals surface area (Å²) in [6.07, 6.45) is 0.699. The summed E-state index contributed by atoms with van der Waals surface area (Å²) in [6, 6.07) is 1.12. The van der Waals surface area contributed by atoms with Gasteiger partial charge in [-0.25, -0.2) is 9.67 Å². The van der Waals surface area contributed by atoms with Gasteiger partial charge in [-0.2, -0.15) is 0 Å². The zero-order chi connectivity index (χ0) is 22.1. The molecule has 2 unspecified atom stereocenters. The van der Waals surface area contributed by atoms with Crippen LogP contribution in [0, 0.1) is 6.92 Å². The number of thiazole rings is 1. The number of aliphatic hydroxyl groups excluding tert-OH is 2. The summed E-state index contributed by atoms with van der Waals surface area (Å²) >= 11 is 8.77. The first-order valence-corrected chi connectivity index (χ1v) is 11.4. The number of methoxy groups -OCH3 is 1. The molecule has 10 nitrogen and oxygen atoms in total. The van der Waals surface area contributed by atoms with Crippen molar-refractivity contribution < 1.29 is 19.7 Å². The highest BCUT2D eigenvalue weighted by Gasteiger charge is 2.47. The van der Waals surface area contributed by atoms with E-state index in [4.69, 9.17) is 26.8 Å². The molecule has 0 aromatic carbocycles. The van der Waals surface area contributed by atoms with Crippen molar-refractivity contribution in [1.82, 2.24) is 25.0 Å². The number of halogens is 1. The van der Waals surface area contributed by atoms with Crippen molar-refractivity contribution in [2.75, 3.05) is 19.5 Å². The second-order valence-electron chi connectivity index (χ2n) is 6.92. The highest BCUT2D eigenvalue weighted by atomic mass is 35.5. The second kappa shape index (κ2) is 9.36. The molecule has 0 spiro atoms. The first-order valence-electron chi connectivity index (χ1n) is 9.30.